The Balaban J connectivity index is 2.25. The summed E-state index contributed by atoms with van der Waals surface area (Å²) in [6.45, 7) is 0. The molecule has 1 heterocycles. The van der Waals surface area contributed by atoms with Gasteiger partial charge in [0.2, 0.25) is 5.88 Å². The molecule has 0 spiro atoms. The van der Waals surface area contributed by atoms with Gasteiger partial charge in [-0.15, -0.1) is 0 Å². The molecule has 0 bridgehead atoms. The average Bonchev–Trinajstić information content (AvgIpc) is 2.42. The molecule has 0 unspecified atom stereocenters. The second-order valence-corrected chi connectivity index (χ2v) is 3.36. The van der Waals surface area contributed by atoms with Crippen LogP contribution < -0.4 is 15.2 Å². The highest BCUT2D eigenvalue weighted by atomic mass is 16.5. The fraction of sp³-hybridized carbons (Fsp3) is 0.0833. The van der Waals surface area contributed by atoms with Crippen molar-refractivity contribution in [3.05, 3.63) is 36.3 Å². The Morgan fingerprint density at radius 1 is 1.28 bits per heavy atom. The Morgan fingerprint density at radius 3 is 2.72 bits per heavy atom. The van der Waals surface area contributed by atoms with E-state index in [-0.39, 0.29) is 11.6 Å². The topological polar surface area (TPSA) is 94.0 Å². The molecule has 90 valence electrons. The molecule has 1 aromatic carbocycles. The summed E-state index contributed by atoms with van der Waals surface area (Å²) < 4.78 is 10.5. The SMILES string of the molecule is COc1ccc(N)c(Oc2cnc(C#N)cn2)c1. The van der Waals surface area contributed by atoms with Crippen molar-refractivity contribution >= 4 is 5.69 Å². The summed E-state index contributed by atoms with van der Waals surface area (Å²) in [6.07, 6.45) is 2.68. The Morgan fingerprint density at radius 2 is 2.11 bits per heavy atom. The molecular formula is C12H10N4O2. The van der Waals surface area contributed by atoms with Crippen LogP contribution in [0.3, 0.4) is 0 Å². The maximum Gasteiger partial charge on any atom is 0.238 e. The van der Waals surface area contributed by atoms with Gasteiger partial charge in [0, 0.05) is 6.07 Å². The zero-order valence-electron chi connectivity index (χ0n) is 9.62. The van der Waals surface area contributed by atoms with E-state index in [1.54, 1.807) is 25.3 Å². The van der Waals surface area contributed by atoms with Gasteiger partial charge in [0.25, 0.3) is 0 Å². The molecule has 6 heteroatoms. The van der Waals surface area contributed by atoms with Gasteiger partial charge in [0.1, 0.15) is 11.8 Å². The molecule has 0 atom stereocenters. The van der Waals surface area contributed by atoms with E-state index in [9.17, 15) is 0 Å². The number of methoxy groups -OCH3 is 1. The van der Waals surface area contributed by atoms with Crippen LogP contribution in [0.5, 0.6) is 17.4 Å². The lowest BCUT2D eigenvalue weighted by atomic mass is 10.3. The van der Waals surface area contributed by atoms with Crippen molar-refractivity contribution in [1.82, 2.24) is 9.97 Å². The maximum atomic E-state index is 8.60. The van der Waals surface area contributed by atoms with Crippen molar-refractivity contribution < 1.29 is 9.47 Å². The van der Waals surface area contributed by atoms with Crippen molar-refractivity contribution in [2.24, 2.45) is 0 Å². The number of nitrogen functional groups attached to an aromatic ring is 1. The number of nitrogens with two attached hydrogens (primary N) is 1. The fourth-order valence-electron chi connectivity index (χ4n) is 1.27. The predicted octanol–water partition coefficient (Wildman–Crippen LogP) is 1.73. The number of aromatic nitrogens is 2. The van der Waals surface area contributed by atoms with Gasteiger partial charge in [-0.3, -0.25) is 0 Å². The summed E-state index contributed by atoms with van der Waals surface area (Å²) in [7, 11) is 1.55. The molecule has 0 saturated heterocycles. The maximum absolute atomic E-state index is 8.60. The van der Waals surface area contributed by atoms with Crippen LogP contribution >= 0.6 is 0 Å². The lowest BCUT2D eigenvalue weighted by Crippen LogP contribution is -1.95. The first-order chi connectivity index (χ1) is 8.72. The highest BCUT2D eigenvalue weighted by Gasteiger charge is 2.05. The second kappa shape index (κ2) is 5.01. The Bertz CT molecular complexity index is 590. The minimum Gasteiger partial charge on any atom is -0.497 e. The summed E-state index contributed by atoms with van der Waals surface area (Å²) in [4.78, 5) is 7.78. The van der Waals surface area contributed by atoms with E-state index in [1.807, 2.05) is 6.07 Å². The van der Waals surface area contributed by atoms with E-state index in [0.29, 0.717) is 17.2 Å². The van der Waals surface area contributed by atoms with Gasteiger partial charge in [0.15, 0.2) is 11.4 Å². The highest BCUT2D eigenvalue weighted by Crippen LogP contribution is 2.29. The molecular weight excluding hydrogens is 232 g/mol. The van der Waals surface area contributed by atoms with Crippen molar-refractivity contribution in [2.75, 3.05) is 12.8 Å². The Labute approximate surface area is 104 Å². The van der Waals surface area contributed by atoms with E-state index in [1.165, 1.54) is 12.4 Å². The third-order valence-electron chi connectivity index (χ3n) is 2.18. The fourth-order valence-corrected chi connectivity index (χ4v) is 1.27. The zero-order chi connectivity index (χ0) is 13.0. The molecule has 0 amide bonds. The van der Waals surface area contributed by atoms with Crippen LogP contribution in [-0.4, -0.2) is 17.1 Å². The summed E-state index contributed by atoms with van der Waals surface area (Å²) >= 11 is 0. The van der Waals surface area contributed by atoms with Crippen molar-refractivity contribution in [3.63, 3.8) is 0 Å². The van der Waals surface area contributed by atoms with Gasteiger partial charge in [0.05, 0.1) is 25.2 Å². The number of hydrogen-bond acceptors (Lipinski definition) is 6. The van der Waals surface area contributed by atoms with E-state index < -0.39 is 0 Å². The Kier molecular flexibility index (Phi) is 3.25. The smallest absolute Gasteiger partial charge is 0.238 e. The Hall–Kier alpha value is -2.81. The molecule has 0 aliphatic rings. The van der Waals surface area contributed by atoms with Gasteiger partial charge < -0.3 is 15.2 Å². The molecule has 0 saturated carbocycles. The van der Waals surface area contributed by atoms with Gasteiger partial charge in [-0.25, -0.2) is 9.97 Å². The number of hydrogen-bond donors (Lipinski definition) is 1. The monoisotopic (exact) mass is 242 g/mol. The molecule has 2 rings (SSSR count). The standard InChI is InChI=1S/C12H10N4O2/c1-17-9-2-3-10(14)11(4-9)18-12-7-15-8(5-13)6-16-12/h2-4,6-7H,14H2,1H3. The van der Waals surface area contributed by atoms with Crippen molar-refractivity contribution in [1.29, 1.82) is 5.26 Å². The summed E-state index contributed by atoms with van der Waals surface area (Å²) in [5, 5.41) is 8.60. The van der Waals surface area contributed by atoms with Crippen LogP contribution in [0.1, 0.15) is 5.69 Å². The first-order valence-corrected chi connectivity index (χ1v) is 5.06. The first kappa shape index (κ1) is 11.7. The second-order valence-electron chi connectivity index (χ2n) is 3.36. The van der Waals surface area contributed by atoms with Crippen molar-refractivity contribution in [3.8, 4) is 23.4 Å². The summed E-state index contributed by atoms with van der Waals surface area (Å²) in [5.41, 5.74) is 6.45. The number of anilines is 1. The number of ether oxygens (including phenoxy) is 2. The third kappa shape index (κ3) is 2.47. The quantitative estimate of drug-likeness (QED) is 0.823. The van der Waals surface area contributed by atoms with Crippen LogP contribution in [0, 0.1) is 11.3 Å². The minimum absolute atomic E-state index is 0.223. The molecule has 18 heavy (non-hydrogen) atoms. The number of benzene rings is 1. The van der Waals surface area contributed by atoms with E-state index in [2.05, 4.69) is 9.97 Å². The highest BCUT2D eigenvalue weighted by molar-refractivity contribution is 5.56. The lowest BCUT2D eigenvalue weighted by molar-refractivity contribution is 0.407. The van der Waals surface area contributed by atoms with Crippen LogP contribution in [0.2, 0.25) is 0 Å². The largest absolute Gasteiger partial charge is 0.497 e. The summed E-state index contributed by atoms with van der Waals surface area (Å²) in [5.74, 6) is 1.31. The van der Waals surface area contributed by atoms with E-state index >= 15 is 0 Å². The molecule has 0 radical (unpaired) electrons. The number of nitriles is 1. The van der Waals surface area contributed by atoms with Gasteiger partial charge >= 0.3 is 0 Å². The predicted molar refractivity (Wildman–Crippen MR) is 64.2 cm³/mol. The van der Waals surface area contributed by atoms with Crippen LogP contribution in [0.4, 0.5) is 5.69 Å². The molecule has 2 N–H and O–H groups in total. The normalized spacial score (nSPS) is 9.56. The van der Waals surface area contributed by atoms with E-state index in [0.717, 1.165) is 0 Å². The third-order valence-corrected chi connectivity index (χ3v) is 2.18. The van der Waals surface area contributed by atoms with Gasteiger partial charge in [-0.1, -0.05) is 0 Å². The molecule has 0 aliphatic carbocycles. The van der Waals surface area contributed by atoms with Crippen LogP contribution in [-0.2, 0) is 0 Å². The van der Waals surface area contributed by atoms with Gasteiger partial charge in [-0.2, -0.15) is 5.26 Å². The first-order valence-electron chi connectivity index (χ1n) is 5.06. The molecule has 0 fully saturated rings. The minimum atomic E-state index is 0.223. The molecule has 1 aromatic heterocycles. The summed E-state index contributed by atoms with van der Waals surface area (Å²) in [6, 6.07) is 6.92. The van der Waals surface area contributed by atoms with E-state index in [4.69, 9.17) is 20.5 Å². The van der Waals surface area contributed by atoms with Crippen LogP contribution in [0.25, 0.3) is 0 Å². The van der Waals surface area contributed by atoms with Gasteiger partial charge in [-0.05, 0) is 12.1 Å². The van der Waals surface area contributed by atoms with Crippen molar-refractivity contribution in [2.45, 2.75) is 0 Å². The lowest BCUT2D eigenvalue weighted by Gasteiger charge is -2.08. The number of nitrogens with zero attached hydrogens (tertiary/aromatic N) is 3. The molecule has 0 aliphatic heterocycles. The van der Waals surface area contributed by atoms with Crippen LogP contribution in [0.15, 0.2) is 30.6 Å². The number of rotatable bonds is 3. The zero-order valence-corrected chi connectivity index (χ0v) is 9.62. The average molecular weight is 242 g/mol. The molecule has 6 nitrogen and oxygen atoms in total. The molecule has 2 aromatic rings.